The van der Waals surface area contributed by atoms with Crippen molar-refractivity contribution in [2.24, 2.45) is 0 Å². The molecule has 0 atom stereocenters. The Morgan fingerprint density at radius 1 is 1.40 bits per heavy atom. The van der Waals surface area contributed by atoms with Crippen LogP contribution in [0.5, 0.6) is 0 Å². The van der Waals surface area contributed by atoms with Gasteiger partial charge < -0.3 is 14.2 Å². The number of furan rings is 1. The predicted octanol–water partition coefficient (Wildman–Crippen LogP) is 2.43. The molecule has 2 rings (SSSR count). The third-order valence-corrected chi connectivity index (χ3v) is 1.98. The van der Waals surface area contributed by atoms with Crippen molar-refractivity contribution >= 4 is 0 Å². The van der Waals surface area contributed by atoms with Gasteiger partial charge in [-0.25, -0.2) is 4.98 Å². The van der Waals surface area contributed by atoms with Gasteiger partial charge in [0, 0.05) is 6.04 Å². The Bertz CT molecular complexity index is 404. The molecule has 0 spiro atoms. The van der Waals surface area contributed by atoms with Gasteiger partial charge in [-0.15, -0.1) is 0 Å². The molecule has 0 fully saturated rings. The monoisotopic (exact) mass is 206 g/mol. The second kappa shape index (κ2) is 4.31. The van der Waals surface area contributed by atoms with Gasteiger partial charge in [-0.2, -0.15) is 0 Å². The maximum absolute atomic E-state index is 5.51. The molecule has 4 heteroatoms. The summed E-state index contributed by atoms with van der Waals surface area (Å²) in [7, 11) is 0. The largest absolute Gasteiger partial charge is 0.461 e. The summed E-state index contributed by atoms with van der Waals surface area (Å²) in [5.41, 5.74) is 0. The summed E-state index contributed by atoms with van der Waals surface area (Å²) in [5.74, 6) is 2.05. The van der Waals surface area contributed by atoms with E-state index in [0.717, 1.165) is 0 Å². The molecule has 0 aliphatic heterocycles. The Balaban J connectivity index is 2.04. The lowest BCUT2D eigenvalue weighted by atomic mass is 10.4. The molecule has 0 saturated heterocycles. The molecule has 2 aromatic rings. The molecule has 15 heavy (non-hydrogen) atoms. The van der Waals surface area contributed by atoms with Gasteiger partial charge in [0.05, 0.1) is 19.0 Å². The lowest BCUT2D eigenvalue weighted by molar-refractivity contribution is 0.447. The molecule has 2 heterocycles. The molecule has 0 amide bonds. The average molecular weight is 206 g/mol. The van der Waals surface area contributed by atoms with E-state index in [1.54, 1.807) is 12.5 Å². The number of nitrogens with zero attached hydrogens (tertiary/aromatic N) is 1. The van der Waals surface area contributed by atoms with Crippen LogP contribution in [-0.2, 0) is 6.54 Å². The smallest absolute Gasteiger partial charge is 0.209 e. The topological polar surface area (TPSA) is 51.2 Å². The van der Waals surface area contributed by atoms with Crippen molar-refractivity contribution in [2.45, 2.75) is 26.4 Å². The highest BCUT2D eigenvalue weighted by Crippen LogP contribution is 2.20. The Labute approximate surface area is 88.3 Å². The molecule has 0 unspecified atom stereocenters. The number of hydrogen-bond donors (Lipinski definition) is 1. The minimum Gasteiger partial charge on any atom is -0.461 e. The van der Waals surface area contributed by atoms with E-state index >= 15 is 0 Å². The van der Waals surface area contributed by atoms with E-state index < -0.39 is 0 Å². The molecule has 1 N–H and O–H groups in total. The molecule has 0 radical (unpaired) electrons. The minimum atomic E-state index is 0.420. The molecule has 80 valence electrons. The zero-order valence-corrected chi connectivity index (χ0v) is 8.86. The number of nitrogens with one attached hydrogen (secondary N) is 1. The van der Waals surface area contributed by atoms with Gasteiger partial charge in [-0.3, -0.25) is 0 Å². The fourth-order valence-electron chi connectivity index (χ4n) is 1.22. The summed E-state index contributed by atoms with van der Waals surface area (Å²) in [5, 5.41) is 3.23. The number of aromatic nitrogens is 1. The van der Waals surface area contributed by atoms with Crippen molar-refractivity contribution in [3.63, 3.8) is 0 Å². The quantitative estimate of drug-likeness (QED) is 0.834. The highest BCUT2D eigenvalue weighted by Gasteiger charge is 2.08. The van der Waals surface area contributed by atoms with Crippen LogP contribution in [0.1, 0.15) is 19.7 Å². The van der Waals surface area contributed by atoms with E-state index in [9.17, 15) is 0 Å². The van der Waals surface area contributed by atoms with Gasteiger partial charge in [0.1, 0.15) is 0 Å². The maximum atomic E-state index is 5.51. The highest BCUT2D eigenvalue weighted by atomic mass is 16.4. The van der Waals surface area contributed by atoms with Crippen molar-refractivity contribution in [3.05, 3.63) is 30.5 Å². The van der Waals surface area contributed by atoms with Gasteiger partial charge in [-0.1, -0.05) is 13.8 Å². The maximum Gasteiger partial charge on any atom is 0.209 e. The van der Waals surface area contributed by atoms with Crippen LogP contribution in [0.25, 0.3) is 11.5 Å². The van der Waals surface area contributed by atoms with E-state index in [-0.39, 0.29) is 0 Å². The predicted molar refractivity (Wildman–Crippen MR) is 56.2 cm³/mol. The molecule has 0 bridgehead atoms. The van der Waals surface area contributed by atoms with Crippen LogP contribution in [0.3, 0.4) is 0 Å². The SMILES string of the molecule is CC(C)NCc1ncc(-c2ccco2)o1. The fraction of sp³-hybridized carbons (Fsp3) is 0.364. The molecule has 0 aliphatic carbocycles. The molecule has 0 aromatic carbocycles. The first-order chi connectivity index (χ1) is 7.25. The van der Waals surface area contributed by atoms with E-state index in [0.29, 0.717) is 30.0 Å². The lowest BCUT2D eigenvalue weighted by Gasteiger charge is -2.03. The summed E-state index contributed by atoms with van der Waals surface area (Å²) in [4.78, 5) is 4.15. The summed E-state index contributed by atoms with van der Waals surface area (Å²) in [6.07, 6.45) is 3.29. The Morgan fingerprint density at radius 2 is 2.27 bits per heavy atom. The second-order valence-electron chi connectivity index (χ2n) is 3.63. The molecule has 4 nitrogen and oxygen atoms in total. The van der Waals surface area contributed by atoms with Gasteiger partial charge in [0.2, 0.25) is 5.89 Å². The molecule has 2 aromatic heterocycles. The van der Waals surface area contributed by atoms with Crippen LogP contribution < -0.4 is 5.32 Å². The van der Waals surface area contributed by atoms with Crippen molar-refractivity contribution < 1.29 is 8.83 Å². The zero-order chi connectivity index (χ0) is 10.7. The molecule has 0 aliphatic rings. The van der Waals surface area contributed by atoms with Crippen LogP contribution in [0, 0.1) is 0 Å². The van der Waals surface area contributed by atoms with Crippen molar-refractivity contribution in [3.8, 4) is 11.5 Å². The summed E-state index contributed by atoms with van der Waals surface area (Å²) in [6, 6.07) is 4.09. The van der Waals surface area contributed by atoms with Gasteiger partial charge in [0.15, 0.2) is 11.5 Å². The Kier molecular flexibility index (Phi) is 2.87. The summed E-state index contributed by atoms with van der Waals surface area (Å²) < 4.78 is 10.7. The number of oxazole rings is 1. The summed E-state index contributed by atoms with van der Waals surface area (Å²) in [6.45, 7) is 4.80. The van der Waals surface area contributed by atoms with E-state index in [1.807, 2.05) is 12.1 Å². The van der Waals surface area contributed by atoms with E-state index in [4.69, 9.17) is 8.83 Å². The first-order valence-corrected chi connectivity index (χ1v) is 4.97. The van der Waals surface area contributed by atoms with Crippen molar-refractivity contribution in [1.82, 2.24) is 10.3 Å². The first kappa shape index (κ1) is 9.98. The minimum absolute atomic E-state index is 0.420. The second-order valence-corrected chi connectivity index (χ2v) is 3.63. The van der Waals surface area contributed by atoms with Crippen LogP contribution >= 0.6 is 0 Å². The standard InChI is InChI=1S/C11H14N2O2/c1-8(2)12-7-11-13-6-10(15-11)9-4-3-5-14-9/h3-6,8,12H,7H2,1-2H3. The van der Waals surface area contributed by atoms with Gasteiger partial charge in [-0.05, 0) is 12.1 Å². The van der Waals surface area contributed by atoms with E-state index in [2.05, 4.69) is 24.1 Å². The van der Waals surface area contributed by atoms with Crippen LogP contribution in [0.15, 0.2) is 33.4 Å². The average Bonchev–Trinajstić information content (AvgIpc) is 2.85. The first-order valence-electron chi connectivity index (χ1n) is 4.97. The number of rotatable bonds is 4. The van der Waals surface area contributed by atoms with Crippen LogP contribution in [0.2, 0.25) is 0 Å². The third-order valence-electron chi connectivity index (χ3n) is 1.98. The van der Waals surface area contributed by atoms with Crippen molar-refractivity contribution in [2.75, 3.05) is 0 Å². The molecule has 0 saturated carbocycles. The van der Waals surface area contributed by atoms with Gasteiger partial charge >= 0.3 is 0 Å². The highest BCUT2D eigenvalue weighted by molar-refractivity contribution is 5.47. The summed E-state index contributed by atoms with van der Waals surface area (Å²) >= 11 is 0. The van der Waals surface area contributed by atoms with Crippen molar-refractivity contribution in [1.29, 1.82) is 0 Å². The molecular formula is C11H14N2O2. The lowest BCUT2D eigenvalue weighted by Crippen LogP contribution is -2.21. The van der Waals surface area contributed by atoms with Crippen LogP contribution in [-0.4, -0.2) is 11.0 Å². The van der Waals surface area contributed by atoms with Gasteiger partial charge in [0.25, 0.3) is 0 Å². The zero-order valence-electron chi connectivity index (χ0n) is 8.86. The van der Waals surface area contributed by atoms with Crippen LogP contribution in [0.4, 0.5) is 0 Å². The van der Waals surface area contributed by atoms with E-state index in [1.165, 1.54) is 0 Å². The Morgan fingerprint density at radius 3 is 2.93 bits per heavy atom. The number of hydrogen-bond acceptors (Lipinski definition) is 4. The molecular weight excluding hydrogens is 192 g/mol. The fourth-order valence-corrected chi connectivity index (χ4v) is 1.22. The third kappa shape index (κ3) is 2.47. The Hall–Kier alpha value is -1.55. The normalized spacial score (nSPS) is 11.1.